The van der Waals surface area contributed by atoms with Crippen molar-refractivity contribution in [2.45, 2.75) is 31.3 Å². The summed E-state index contributed by atoms with van der Waals surface area (Å²) in [6.45, 7) is 0.963. The van der Waals surface area contributed by atoms with Gasteiger partial charge in [0.15, 0.2) is 0 Å². The van der Waals surface area contributed by atoms with E-state index in [4.69, 9.17) is 4.74 Å². The van der Waals surface area contributed by atoms with Crippen LogP contribution in [0.15, 0.2) is 30.3 Å². The fraction of sp³-hybridized carbons (Fsp3) is 0.571. The summed E-state index contributed by atoms with van der Waals surface area (Å²) in [6.07, 6.45) is 5.09. The van der Waals surface area contributed by atoms with E-state index in [1.807, 2.05) is 0 Å². The van der Waals surface area contributed by atoms with E-state index in [-0.39, 0.29) is 5.60 Å². The number of rotatable bonds is 2. The molecule has 0 N–H and O–H groups in total. The fourth-order valence-corrected chi connectivity index (χ4v) is 4.03. The molecule has 16 heavy (non-hydrogen) atoms. The van der Waals surface area contributed by atoms with Crippen molar-refractivity contribution in [1.29, 1.82) is 0 Å². The molecule has 2 aliphatic heterocycles. The average Bonchev–Trinajstić information content (AvgIpc) is 2.42. The van der Waals surface area contributed by atoms with Gasteiger partial charge in [0, 0.05) is 9.84 Å². The molecular weight excluding hydrogens is 311 g/mol. The van der Waals surface area contributed by atoms with Gasteiger partial charge in [-0.1, -0.05) is 52.9 Å². The van der Waals surface area contributed by atoms with Crippen LogP contribution in [0.5, 0.6) is 0 Å². The Balaban J connectivity index is 1.89. The highest BCUT2D eigenvalue weighted by molar-refractivity contribution is 14.1. The average molecular weight is 328 g/mol. The third-order valence-electron chi connectivity index (χ3n) is 4.36. The Bertz CT molecular complexity index is 349. The summed E-state index contributed by atoms with van der Waals surface area (Å²) < 4.78 is 7.49. The van der Waals surface area contributed by atoms with Gasteiger partial charge in [0.25, 0.3) is 0 Å². The number of hydrogen-bond donors (Lipinski definition) is 0. The first-order valence-corrected chi connectivity index (χ1v) is 7.57. The Morgan fingerprint density at radius 3 is 2.25 bits per heavy atom. The molecule has 2 bridgehead atoms. The van der Waals surface area contributed by atoms with Gasteiger partial charge in [0.2, 0.25) is 0 Å². The Labute approximate surface area is 111 Å². The molecule has 0 unspecified atom stereocenters. The van der Waals surface area contributed by atoms with Crippen LogP contribution in [0.25, 0.3) is 0 Å². The monoisotopic (exact) mass is 328 g/mol. The minimum absolute atomic E-state index is 0.0504. The van der Waals surface area contributed by atoms with Gasteiger partial charge in [-0.3, -0.25) is 0 Å². The number of ether oxygens (including phenoxy) is 1. The molecule has 2 heteroatoms. The molecule has 2 heterocycles. The number of benzene rings is 1. The highest BCUT2D eigenvalue weighted by Crippen LogP contribution is 2.54. The van der Waals surface area contributed by atoms with Gasteiger partial charge in [0.1, 0.15) is 0 Å². The van der Waals surface area contributed by atoms with Gasteiger partial charge in [-0.2, -0.15) is 0 Å². The molecule has 0 aromatic heterocycles. The van der Waals surface area contributed by atoms with Crippen LogP contribution in [0.1, 0.15) is 31.2 Å². The minimum atomic E-state index is 0.0504. The lowest BCUT2D eigenvalue weighted by Crippen LogP contribution is -2.49. The van der Waals surface area contributed by atoms with Crippen LogP contribution in [0.3, 0.4) is 0 Å². The predicted octanol–water partition coefficient (Wildman–Crippen LogP) is 3.91. The number of halogens is 1. The molecule has 3 aliphatic rings. The maximum atomic E-state index is 6.24. The predicted molar refractivity (Wildman–Crippen MR) is 73.9 cm³/mol. The second kappa shape index (κ2) is 3.98. The van der Waals surface area contributed by atoms with Crippen molar-refractivity contribution in [3.8, 4) is 0 Å². The van der Waals surface area contributed by atoms with Crippen molar-refractivity contribution in [3.63, 3.8) is 0 Å². The Kier molecular flexibility index (Phi) is 2.75. The summed E-state index contributed by atoms with van der Waals surface area (Å²) in [7, 11) is 0. The van der Waals surface area contributed by atoms with Crippen molar-refractivity contribution >= 4 is 22.6 Å². The second-order valence-electron chi connectivity index (χ2n) is 5.28. The third-order valence-corrected chi connectivity index (χ3v) is 5.97. The maximum Gasteiger partial charge on any atom is 0.0932 e. The summed E-state index contributed by atoms with van der Waals surface area (Å²) in [5.41, 5.74) is 1.93. The van der Waals surface area contributed by atoms with E-state index >= 15 is 0 Å². The number of alkyl halides is 1. The van der Waals surface area contributed by atoms with E-state index in [1.54, 1.807) is 0 Å². The van der Waals surface area contributed by atoms with Crippen molar-refractivity contribution in [1.82, 2.24) is 0 Å². The smallest absolute Gasteiger partial charge is 0.0932 e. The topological polar surface area (TPSA) is 9.23 Å². The SMILES string of the molecule is ICC12CCC(c3ccccc3)(CC1)OC2. The van der Waals surface area contributed by atoms with Crippen LogP contribution in [0, 0.1) is 5.41 Å². The summed E-state index contributed by atoms with van der Waals surface area (Å²) in [4.78, 5) is 0. The first-order valence-electron chi connectivity index (χ1n) is 6.04. The van der Waals surface area contributed by atoms with Gasteiger partial charge >= 0.3 is 0 Å². The molecule has 1 aliphatic carbocycles. The van der Waals surface area contributed by atoms with Crippen molar-refractivity contribution in [2.24, 2.45) is 5.41 Å². The minimum Gasteiger partial charge on any atom is -0.370 e. The maximum absolute atomic E-state index is 6.24. The van der Waals surface area contributed by atoms with Crippen molar-refractivity contribution < 1.29 is 4.74 Å². The fourth-order valence-electron chi connectivity index (χ4n) is 3.05. The second-order valence-corrected chi connectivity index (χ2v) is 6.05. The molecule has 1 aromatic carbocycles. The Morgan fingerprint density at radius 2 is 1.75 bits per heavy atom. The molecule has 2 saturated heterocycles. The molecule has 4 rings (SSSR count). The van der Waals surface area contributed by atoms with Crippen LogP contribution in [-0.2, 0) is 10.3 Å². The molecule has 1 aromatic rings. The van der Waals surface area contributed by atoms with Crippen LogP contribution in [-0.4, -0.2) is 11.0 Å². The zero-order valence-electron chi connectivity index (χ0n) is 9.42. The highest BCUT2D eigenvalue weighted by Gasteiger charge is 2.49. The third kappa shape index (κ3) is 1.61. The van der Waals surface area contributed by atoms with Gasteiger partial charge < -0.3 is 4.74 Å². The van der Waals surface area contributed by atoms with Crippen molar-refractivity contribution in [2.75, 3.05) is 11.0 Å². The summed E-state index contributed by atoms with van der Waals surface area (Å²) in [5, 5.41) is 0. The first-order chi connectivity index (χ1) is 7.79. The quantitative estimate of drug-likeness (QED) is 0.591. The Hall–Kier alpha value is -0.0900. The first kappa shape index (κ1) is 11.0. The lowest BCUT2D eigenvalue weighted by atomic mass is 9.65. The highest BCUT2D eigenvalue weighted by atomic mass is 127. The van der Waals surface area contributed by atoms with Crippen LogP contribution in [0.2, 0.25) is 0 Å². The van der Waals surface area contributed by atoms with Gasteiger partial charge in [-0.15, -0.1) is 0 Å². The molecule has 0 amide bonds. The van der Waals surface area contributed by atoms with Crippen LogP contribution >= 0.6 is 22.6 Å². The van der Waals surface area contributed by atoms with E-state index in [1.165, 1.54) is 35.7 Å². The molecule has 86 valence electrons. The van der Waals surface area contributed by atoms with E-state index < -0.39 is 0 Å². The molecular formula is C14H17IO. The van der Waals surface area contributed by atoms with Crippen LogP contribution in [0.4, 0.5) is 0 Å². The van der Waals surface area contributed by atoms with Crippen molar-refractivity contribution in [3.05, 3.63) is 35.9 Å². The summed E-state index contributed by atoms with van der Waals surface area (Å²) in [5.74, 6) is 0. The lowest BCUT2D eigenvalue weighted by molar-refractivity contribution is -0.181. The molecule has 0 spiro atoms. The largest absolute Gasteiger partial charge is 0.370 e. The van der Waals surface area contributed by atoms with Gasteiger partial charge in [0.05, 0.1) is 12.2 Å². The standard InChI is InChI=1S/C14H17IO/c15-10-13-6-8-14(9-7-13,16-11-13)12-4-2-1-3-5-12/h1-5H,6-11H2. The zero-order valence-corrected chi connectivity index (χ0v) is 11.6. The van der Waals surface area contributed by atoms with Gasteiger partial charge in [-0.25, -0.2) is 0 Å². The molecule has 0 radical (unpaired) electrons. The zero-order chi connectivity index (χ0) is 11.1. The summed E-state index contributed by atoms with van der Waals surface area (Å²) in [6, 6.07) is 10.8. The molecule has 3 fully saturated rings. The molecule has 1 nitrogen and oxygen atoms in total. The Morgan fingerprint density at radius 1 is 1.06 bits per heavy atom. The molecule has 1 saturated carbocycles. The lowest BCUT2D eigenvalue weighted by Gasteiger charge is -2.53. The van der Waals surface area contributed by atoms with E-state index in [9.17, 15) is 0 Å². The van der Waals surface area contributed by atoms with Gasteiger partial charge in [-0.05, 0) is 31.2 Å². The number of fused-ring (bicyclic) bond motifs is 3. The summed E-state index contributed by atoms with van der Waals surface area (Å²) >= 11 is 2.52. The van der Waals surface area contributed by atoms with Crippen LogP contribution < -0.4 is 0 Å². The van der Waals surface area contributed by atoms with E-state index in [2.05, 4.69) is 52.9 Å². The van der Waals surface area contributed by atoms with E-state index in [0.29, 0.717) is 5.41 Å². The normalized spacial score (nSPS) is 37.6. The molecule has 0 atom stereocenters. The van der Waals surface area contributed by atoms with E-state index in [0.717, 1.165) is 6.61 Å². The number of hydrogen-bond acceptors (Lipinski definition) is 1.